The summed E-state index contributed by atoms with van der Waals surface area (Å²) in [5.41, 5.74) is 2.95. The van der Waals surface area contributed by atoms with E-state index >= 15 is 0 Å². The Morgan fingerprint density at radius 1 is 0.846 bits per heavy atom. The van der Waals surface area contributed by atoms with Gasteiger partial charge in [-0.3, -0.25) is 0 Å². The molecule has 0 bridgehead atoms. The molecule has 1 fully saturated rings. The maximum absolute atomic E-state index is 12.2. The van der Waals surface area contributed by atoms with Gasteiger partial charge in [-0.15, -0.1) is 0 Å². The van der Waals surface area contributed by atoms with Crippen LogP contribution in [0.5, 0.6) is 5.75 Å². The predicted octanol–water partition coefficient (Wildman–Crippen LogP) is 4.82. The summed E-state index contributed by atoms with van der Waals surface area (Å²) in [6.07, 6.45) is 3.54. The maximum Gasteiger partial charge on any atom is 0.338 e. The highest BCUT2D eigenvalue weighted by Crippen LogP contribution is 2.24. The van der Waals surface area contributed by atoms with E-state index in [1.165, 1.54) is 5.56 Å². The molecule has 0 spiro atoms. The molecule has 4 nitrogen and oxygen atoms in total. The Bertz CT molecular complexity index is 698. The van der Waals surface area contributed by atoms with Crippen molar-refractivity contribution >= 4 is 5.97 Å². The van der Waals surface area contributed by atoms with Gasteiger partial charge in [0.15, 0.2) is 6.79 Å². The van der Waals surface area contributed by atoms with Crippen LogP contribution < -0.4 is 4.74 Å². The first kappa shape index (κ1) is 18.5. The van der Waals surface area contributed by atoms with Crippen molar-refractivity contribution in [3.63, 3.8) is 0 Å². The van der Waals surface area contributed by atoms with E-state index in [0.29, 0.717) is 5.56 Å². The van der Waals surface area contributed by atoms with Gasteiger partial charge in [0.2, 0.25) is 0 Å². The van der Waals surface area contributed by atoms with E-state index in [2.05, 4.69) is 0 Å². The molecule has 1 aliphatic carbocycles. The molecule has 0 aromatic heterocycles. The molecule has 138 valence electrons. The maximum atomic E-state index is 12.2. The largest absolute Gasteiger partial charge is 0.468 e. The second-order valence-electron chi connectivity index (χ2n) is 6.91. The van der Waals surface area contributed by atoms with Crippen LogP contribution in [0.1, 0.15) is 47.2 Å². The fourth-order valence-electron chi connectivity index (χ4n) is 3.06. The Labute approximate surface area is 155 Å². The van der Waals surface area contributed by atoms with E-state index in [-0.39, 0.29) is 25.0 Å². The highest BCUT2D eigenvalue weighted by Gasteiger charge is 2.25. The summed E-state index contributed by atoms with van der Waals surface area (Å²) >= 11 is 0. The number of hydrogen-bond acceptors (Lipinski definition) is 4. The molecular weight excluding hydrogens is 328 g/mol. The Balaban J connectivity index is 1.36. The lowest BCUT2D eigenvalue weighted by atomic mass is 9.95. The second-order valence-corrected chi connectivity index (χ2v) is 6.91. The Hall–Kier alpha value is -2.33. The Kier molecular flexibility index (Phi) is 6.29. The first-order valence-electron chi connectivity index (χ1n) is 9.19. The van der Waals surface area contributed by atoms with Crippen LogP contribution in [0.25, 0.3) is 0 Å². The zero-order valence-electron chi connectivity index (χ0n) is 15.4. The van der Waals surface area contributed by atoms with Crippen LogP contribution >= 0.6 is 0 Å². The number of ether oxygens (including phenoxy) is 3. The molecule has 4 heteroatoms. The molecular formula is C22H26O4. The van der Waals surface area contributed by atoms with Crippen molar-refractivity contribution in [2.75, 3.05) is 6.79 Å². The minimum atomic E-state index is -0.239. The normalized spacial score (nSPS) is 19.8. The highest BCUT2D eigenvalue weighted by molar-refractivity contribution is 5.89. The smallest absolute Gasteiger partial charge is 0.338 e. The quantitative estimate of drug-likeness (QED) is 0.551. The fraction of sp³-hybridized carbons (Fsp3) is 0.409. The van der Waals surface area contributed by atoms with Gasteiger partial charge in [-0.1, -0.05) is 35.4 Å². The molecule has 0 amide bonds. The van der Waals surface area contributed by atoms with Gasteiger partial charge in [-0.05, 0) is 63.8 Å². The Morgan fingerprint density at radius 2 is 1.38 bits per heavy atom. The van der Waals surface area contributed by atoms with Gasteiger partial charge < -0.3 is 14.2 Å². The first-order chi connectivity index (χ1) is 12.6. The van der Waals surface area contributed by atoms with E-state index in [4.69, 9.17) is 14.2 Å². The van der Waals surface area contributed by atoms with Gasteiger partial charge in [0.1, 0.15) is 11.9 Å². The highest BCUT2D eigenvalue weighted by atomic mass is 16.7. The Morgan fingerprint density at radius 3 is 2.00 bits per heavy atom. The molecule has 3 rings (SSSR count). The van der Waals surface area contributed by atoms with E-state index in [1.54, 1.807) is 0 Å². The standard InChI is InChI=1S/C22H26O4/c1-16-3-7-18(8-4-16)22(23)26-21-13-11-20(12-14-21)25-15-24-19-9-5-17(2)6-10-19/h3-10,20-21H,11-15H2,1-2H3. The summed E-state index contributed by atoms with van der Waals surface area (Å²) in [7, 11) is 0. The first-order valence-corrected chi connectivity index (χ1v) is 9.19. The molecule has 26 heavy (non-hydrogen) atoms. The van der Waals surface area contributed by atoms with Gasteiger partial charge in [-0.2, -0.15) is 0 Å². The zero-order chi connectivity index (χ0) is 18.4. The van der Waals surface area contributed by atoms with Crippen LogP contribution in [0.15, 0.2) is 48.5 Å². The topological polar surface area (TPSA) is 44.8 Å². The summed E-state index contributed by atoms with van der Waals surface area (Å²) in [6.45, 7) is 4.30. The molecule has 0 heterocycles. The lowest BCUT2D eigenvalue weighted by Gasteiger charge is -2.28. The van der Waals surface area contributed by atoms with Gasteiger partial charge in [0.25, 0.3) is 0 Å². The SMILES string of the molecule is Cc1ccc(OCOC2CCC(OC(=O)c3ccc(C)cc3)CC2)cc1. The van der Waals surface area contributed by atoms with Crippen LogP contribution in [0.4, 0.5) is 0 Å². The third-order valence-corrected chi connectivity index (χ3v) is 4.73. The average molecular weight is 354 g/mol. The van der Waals surface area contributed by atoms with Crippen molar-refractivity contribution in [3.8, 4) is 5.75 Å². The minimum absolute atomic E-state index is 0.0262. The van der Waals surface area contributed by atoms with Crippen molar-refractivity contribution < 1.29 is 19.0 Å². The van der Waals surface area contributed by atoms with Crippen LogP contribution in [0.3, 0.4) is 0 Å². The van der Waals surface area contributed by atoms with E-state index in [1.807, 2.05) is 62.4 Å². The predicted molar refractivity (Wildman–Crippen MR) is 100 cm³/mol. The third kappa shape index (κ3) is 5.33. The fourth-order valence-corrected chi connectivity index (χ4v) is 3.06. The van der Waals surface area contributed by atoms with Gasteiger partial charge in [-0.25, -0.2) is 4.79 Å². The number of aryl methyl sites for hydroxylation is 2. The summed E-state index contributed by atoms with van der Waals surface area (Å²) < 4.78 is 17.0. The molecule has 0 unspecified atom stereocenters. The second kappa shape index (κ2) is 8.86. The van der Waals surface area contributed by atoms with Crippen LogP contribution in [-0.4, -0.2) is 25.0 Å². The monoisotopic (exact) mass is 354 g/mol. The van der Waals surface area contributed by atoms with Crippen LogP contribution in [0, 0.1) is 13.8 Å². The van der Waals surface area contributed by atoms with Gasteiger partial charge in [0, 0.05) is 0 Å². The molecule has 0 radical (unpaired) electrons. The summed E-state index contributed by atoms with van der Waals surface area (Å²) in [5, 5.41) is 0. The zero-order valence-corrected chi connectivity index (χ0v) is 15.4. The number of benzene rings is 2. The number of hydrogen-bond donors (Lipinski definition) is 0. The molecule has 0 N–H and O–H groups in total. The average Bonchev–Trinajstić information content (AvgIpc) is 2.65. The molecule has 2 aromatic rings. The summed E-state index contributed by atoms with van der Waals surface area (Å²) in [5.74, 6) is 0.577. The van der Waals surface area contributed by atoms with Gasteiger partial charge >= 0.3 is 5.97 Å². The van der Waals surface area contributed by atoms with Crippen molar-refractivity contribution in [2.45, 2.75) is 51.7 Å². The molecule has 0 saturated heterocycles. The lowest BCUT2D eigenvalue weighted by Crippen LogP contribution is -2.29. The van der Waals surface area contributed by atoms with Crippen LogP contribution in [-0.2, 0) is 9.47 Å². The van der Waals surface area contributed by atoms with Crippen LogP contribution in [0.2, 0.25) is 0 Å². The van der Waals surface area contributed by atoms with Crippen molar-refractivity contribution in [3.05, 3.63) is 65.2 Å². The molecule has 0 atom stereocenters. The van der Waals surface area contributed by atoms with Gasteiger partial charge in [0.05, 0.1) is 11.7 Å². The molecule has 0 aliphatic heterocycles. The van der Waals surface area contributed by atoms with Crippen molar-refractivity contribution in [2.24, 2.45) is 0 Å². The van der Waals surface area contributed by atoms with Crippen molar-refractivity contribution in [1.29, 1.82) is 0 Å². The van der Waals surface area contributed by atoms with E-state index in [0.717, 1.165) is 37.0 Å². The van der Waals surface area contributed by atoms with E-state index < -0.39 is 0 Å². The molecule has 1 saturated carbocycles. The number of esters is 1. The lowest BCUT2D eigenvalue weighted by molar-refractivity contribution is -0.0666. The minimum Gasteiger partial charge on any atom is -0.468 e. The molecule has 1 aliphatic rings. The van der Waals surface area contributed by atoms with E-state index in [9.17, 15) is 4.79 Å². The third-order valence-electron chi connectivity index (χ3n) is 4.73. The number of carbonyl (C=O) groups is 1. The number of rotatable bonds is 6. The van der Waals surface area contributed by atoms with Crippen molar-refractivity contribution in [1.82, 2.24) is 0 Å². The number of carbonyl (C=O) groups excluding carboxylic acids is 1. The summed E-state index contributed by atoms with van der Waals surface area (Å²) in [6, 6.07) is 15.4. The summed E-state index contributed by atoms with van der Waals surface area (Å²) in [4.78, 5) is 12.2. The molecule has 2 aromatic carbocycles.